The molecule has 1 N–H and O–H groups in total. The van der Waals surface area contributed by atoms with Crippen LogP contribution < -0.4 is 0 Å². The summed E-state index contributed by atoms with van der Waals surface area (Å²) in [6.45, 7) is 0.0663. The number of amides is 2. The normalized spacial score (nSPS) is 14.6. The standard InChI is InChI=1S/C31H21NO5S/c33-27(26-15-14-23-3-1-2-4-25(23)18-26)16-11-20-5-7-21(8-6-20)17-28-29(34)32(31(37)38-28)19-22-9-12-24(13-10-22)30(35)36/h1-18H,19H2,(H,35,36)/b16-11+,28-17-. The van der Waals surface area contributed by atoms with Gasteiger partial charge in [-0.25, -0.2) is 4.79 Å². The van der Waals surface area contributed by atoms with Gasteiger partial charge in [-0.2, -0.15) is 0 Å². The molecule has 2 amide bonds. The van der Waals surface area contributed by atoms with E-state index in [9.17, 15) is 19.2 Å². The van der Waals surface area contributed by atoms with Crippen LogP contribution in [-0.2, 0) is 11.3 Å². The number of rotatable bonds is 7. The quantitative estimate of drug-likeness (QED) is 0.217. The number of imide groups is 1. The van der Waals surface area contributed by atoms with Gasteiger partial charge in [0.2, 0.25) is 0 Å². The van der Waals surface area contributed by atoms with Crippen molar-refractivity contribution in [1.29, 1.82) is 0 Å². The number of carbonyl (C=O) groups excluding carboxylic acids is 3. The molecule has 1 aliphatic rings. The summed E-state index contributed by atoms with van der Waals surface area (Å²) >= 11 is 0.866. The lowest BCUT2D eigenvalue weighted by Crippen LogP contribution is -2.27. The number of nitrogens with zero attached hydrogens (tertiary/aromatic N) is 1. The van der Waals surface area contributed by atoms with Crippen LogP contribution in [0.25, 0.3) is 22.9 Å². The molecule has 38 heavy (non-hydrogen) atoms. The summed E-state index contributed by atoms with van der Waals surface area (Å²) in [6.07, 6.45) is 4.93. The van der Waals surface area contributed by atoms with Crippen LogP contribution in [0.1, 0.15) is 37.4 Å². The van der Waals surface area contributed by atoms with Gasteiger partial charge in [-0.3, -0.25) is 19.3 Å². The van der Waals surface area contributed by atoms with Gasteiger partial charge in [-0.15, -0.1) is 0 Å². The molecule has 1 fully saturated rings. The number of hydrogen-bond acceptors (Lipinski definition) is 5. The Bertz CT molecular complexity index is 1640. The predicted molar refractivity (Wildman–Crippen MR) is 149 cm³/mol. The third-order valence-corrected chi connectivity index (χ3v) is 7.02. The van der Waals surface area contributed by atoms with Gasteiger partial charge in [0.25, 0.3) is 11.1 Å². The van der Waals surface area contributed by atoms with Gasteiger partial charge < -0.3 is 5.11 Å². The molecule has 7 heteroatoms. The fraction of sp³-hybridized carbons (Fsp3) is 0.0323. The van der Waals surface area contributed by atoms with E-state index in [1.165, 1.54) is 18.2 Å². The summed E-state index contributed by atoms with van der Waals surface area (Å²) in [4.78, 5) is 50.4. The Labute approximate surface area is 222 Å². The molecule has 0 aliphatic carbocycles. The van der Waals surface area contributed by atoms with E-state index in [0.29, 0.717) is 16.0 Å². The molecule has 0 radical (unpaired) electrons. The van der Waals surface area contributed by atoms with Crippen molar-refractivity contribution in [3.8, 4) is 0 Å². The van der Waals surface area contributed by atoms with Crippen molar-refractivity contribution in [3.63, 3.8) is 0 Å². The second kappa shape index (κ2) is 10.7. The lowest BCUT2D eigenvalue weighted by molar-refractivity contribution is -0.123. The molecule has 0 aromatic heterocycles. The summed E-state index contributed by atoms with van der Waals surface area (Å²) in [7, 11) is 0. The van der Waals surface area contributed by atoms with Crippen molar-refractivity contribution in [2.45, 2.75) is 6.54 Å². The fourth-order valence-corrected chi connectivity index (χ4v) is 4.88. The van der Waals surface area contributed by atoms with Crippen molar-refractivity contribution < 1.29 is 24.3 Å². The topological polar surface area (TPSA) is 91.8 Å². The molecule has 5 rings (SSSR count). The minimum absolute atomic E-state index is 0.0663. The van der Waals surface area contributed by atoms with Crippen LogP contribution in [0, 0.1) is 0 Å². The second-order valence-electron chi connectivity index (χ2n) is 8.70. The largest absolute Gasteiger partial charge is 0.478 e. The van der Waals surface area contributed by atoms with Gasteiger partial charge in [0.05, 0.1) is 17.0 Å². The Kier molecular flexibility index (Phi) is 7.02. The predicted octanol–water partition coefficient (Wildman–Crippen LogP) is 6.67. The smallest absolute Gasteiger partial charge is 0.335 e. The molecule has 0 spiro atoms. The third kappa shape index (κ3) is 5.48. The van der Waals surface area contributed by atoms with Crippen LogP contribution in [0.2, 0.25) is 0 Å². The number of aromatic carboxylic acids is 1. The van der Waals surface area contributed by atoms with Crippen LogP contribution in [-0.4, -0.2) is 32.9 Å². The Morgan fingerprint density at radius 2 is 1.45 bits per heavy atom. The average Bonchev–Trinajstić information content (AvgIpc) is 3.19. The number of thioether (sulfide) groups is 1. The summed E-state index contributed by atoms with van der Waals surface area (Å²) in [5.41, 5.74) is 2.99. The maximum absolute atomic E-state index is 12.8. The third-order valence-electron chi connectivity index (χ3n) is 6.11. The molecule has 1 saturated heterocycles. The SMILES string of the molecule is O=C(O)c1ccc(CN2C(=O)S/C(=C\c3ccc(/C=C/C(=O)c4ccc5ccccc5c4)cc3)C2=O)cc1. The first-order chi connectivity index (χ1) is 18.4. The first-order valence-corrected chi connectivity index (χ1v) is 12.6. The molecule has 1 heterocycles. The highest BCUT2D eigenvalue weighted by molar-refractivity contribution is 8.18. The van der Waals surface area contributed by atoms with Gasteiger partial charge in [0, 0.05) is 5.56 Å². The minimum Gasteiger partial charge on any atom is -0.478 e. The zero-order chi connectivity index (χ0) is 26.6. The monoisotopic (exact) mass is 519 g/mol. The Morgan fingerprint density at radius 1 is 0.789 bits per heavy atom. The molecule has 0 bridgehead atoms. The van der Waals surface area contributed by atoms with Gasteiger partial charge in [0.1, 0.15) is 0 Å². The fourth-order valence-electron chi connectivity index (χ4n) is 4.04. The number of carbonyl (C=O) groups is 4. The van der Waals surface area contributed by atoms with E-state index in [-0.39, 0.29) is 23.1 Å². The number of hydrogen-bond donors (Lipinski definition) is 1. The molecule has 0 unspecified atom stereocenters. The Morgan fingerprint density at radius 3 is 2.16 bits per heavy atom. The van der Waals surface area contributed by atoms with Crippen molar-refractivity contribution in [3.05, 3.63) is 130 Å². The van der Waals surface area contributed by atoms with E-state index in [1.807, 2.05) is 66.7 Å². The average molecular weight is 520 g/mol. The van der Waals surface area contributed by atoms with Gasteiger partial charge >= 0.3 is 5.97 Å². The minimum atomic E-state index is -1.04. The highest BCUT2D eigenvalue weighted by Crippen LogP contribution is 2.33. The lowest BCUT2D eigenvalue weighted by Gasteiger charge is -2.12. The number of fused-ring (bicyclic) bond motifs is 1. The number of carboxylic acids is 1. The maximum atomic E-state index is 12.8. The number of benzene rings is 4. The van der Waals surface area contributed by atoms with Crippen LogP contribution in [0.15, 0.2) is 102 Å². The van der Waals surface area contributed by atoms with Crippen LogP contribution in [0.3, 0.4) is 0 Å². The molecule has 186 valence electrons. The van der Waals surface area contributed by atoms with Crippen LogP contribution >= 0.6 is 11.8 Å². The van der Waals surface area contributed by atoms with E-state index in [0.717, 1.165) is 38.6 Å². The van der Waals surface area contributed by atoms with E-state index in [2.05, 4.69) is 0 Å². The Balaban J connectivity index is 1.24. The van der Waals surface area contributed by atoms with E-state index in [4.69, 9.17) is 5.11 Å². The molecule has 6 nitrogen and oxygen atoms in total. The molecule has 4 aromatic carbocycles. The summed E-state index contributed by atoms with van der Waals surface area (Å²) in [6, 6.07) is 26.9. The van der Waals surface area contributed by atoms with Crippen LogP contribution in [0.5, 0.6) is 0 Å². The first-order valence-electron chi connectivity index (χ1n) is 11.8. The zero-order valence-electron chi connectivity index (χ0n) is 20.0. The molecular weight excluding hydrogens is 498 g/mol. The number of carboxylic acid groups (broad SMARTS) is 1. The molecule has 1 aliphatic heterocycles. The van der Waals surface area contributed by atoms with Gasteiger partial charge in [0.15, 0.2) is 5.78 Å². The van der Waals surface area contributed by atoms with Crippen LogP contribution in [0.4, 0.5) is 4.79 Å². The van der Waals surface area contributed by atoms with Crippen molar-refractivity contribution in [2.75, 3.05) is 0 Å². The second-order valence-corrected chi connectivity index (χ2v) is 9.69. The summed E-state index contributed by atoms with van der Waals surface area (Å²) < 4.78 is 0. The van der Waals surface area contributed by atoms with Crippen molar-refractivity contribution in [2.24, 2.45) is 0 Å². The van der Waals surface area contributed by atoms with Gasteiger partial charge in [-0.1, -0.05) is 78.9 Å². The molecular formula is C31H21NO5S. The number of ketones is 1. The zero-order valence-corrected chi connectivity index (χ0v) is 20.9. The highest BCUT2D eigenvalue weighted by atomic mass is 32.2. The summed E-state index contributed by atoms with van der Waals surface area (Å²) in [5.74, 6) is -1.53. The van der Waals surface area contributed by atoms with E-state index in [1.54, 1.807) is 24.3 Å². The van der Waals surface area contributed by atoms with E-state index < -0.39 is 11.9 Å². The molecule has 0 atom stereocenters. The molecule has 0 saturated carbocycles. The first kappa shape index (κ1) is 24.9. The van der Waals surface area contributed by atoms with Gasteiger partial charge in [-0.05, 0) is 69.6 Å². The maximum Gasteiger partial charge on any atom is 0.335 e. The molecule has 4 aromatic rings. The Hall–Kier alpha value is -4.75. The lowest BCUT2D eigenvalue weighted by atomic mass is 10.0. The van der Waals surface area contributed by atoms with Crippen molar-refractivity contribution >= 4 is 57.6 Å². The number of allylic oxidation sites excluding steroid dienone is 1. The summed E-state index contributed by atoms with van der Waals surface area (Å²) in [5, 5.41) is 10.7. The van der Waals surface area contributed by atoms with Crippen molar-refractivity contribution in [1.82, 2.24) is 4.90 Å². The highest BCUT2D eigenvalue weighted by Gasteiger charge is 2.35. The van der Waals surface area contributed by atoms with E-state index >= 15 is 0 Å².